The summed E-state index contributed by atoms with van der Waals surface area (Å²) in [6, 6.07) is 20.0. The molecule has 0 bridgehead atoms. The maximum absolute atomic E-state index is 14.3. The summed E-state index contributed by atoms with van der Waals surface area (Å²) in [5.41, 5.74) is 2.44. The van der Waals surface area contributed by atoms with Crippen molar-refractivity contribution >= 4 is 0 Å². The third kappa shape index (κ3) is 4.86. The molecule has 0 aliphatic carbocycles. The van der Waals surface area contributed by atoms with Crippen LogP contribution in [-0.4, -0.2) is 6.79 Å². The van der Waals surface area contributed by atoms with Crippen LogP contribution in [0.15, 0.2) is 84.9 Å². The summed E-state index contributed by atoms with van der Waals surface area (Å²) in [7, 11) is 0. The van der Waals surface area contributed by atoms with E-state index in [0.29, 0.717) is 22.3 Å². The van der Waals surface area contributed by atoms with Crippen molar-refractivity contribution in [2.24, 2.45) is 0 Å². The number of halogens is 4. The monoisotopic (exact) mass is 424 g/mol. The van der Waals surface area contributed by atoms with Crippen molar-refractivity contribution in [3.05, 3.63) is 108 Å². The van der Waals surface area contributed by atoms with Gasteiger partial charge in [-0.25, -0.2) is 17.6 Å². The lowest BCUT2D eigenvalue weighted by Crippen LogP contribution is -2.07. The Morgan fingerprint density at radius 3 is 1.16 bits per heavy atom. The van der Waals surface area contributed by atoms with Gasteiger partial charge in [0.05, 0.1) is 0 Å². The van der Waals surface area contributed by atoms with Crippen molar-refractivity contribution < 1.29 is 27.0 Å². The highest BCUT2D eigenvalue weighted by atomic mass is 19.1. The Hall–Kier alpha value is -3.80. The molecular formula is C25H16F4O2. The normalized spacial score (nSPS) is 10.7. The summed E-state index contributed by atoms with van der Waals surface area (Å²) in [6.45, 7) is -0.403. The molecule has 4 aromatic carbocycles. The minimum atomic E-state index is -0.627. The quantitative estimate of drug-likeness (QED) is 0.245. The number of hydrogen-bond donors (Lipinski definition) is 0. The minimum Gasteiger partial charge on any atom is -0.454 e. The van der Waals surface area contributed by atoms with E-state index in [9.17, 15) is 17.6 Å². The van der Waals surface area contributed by atoms with Gasteiger partial charge in [-0.3, -0.25) is 0 Å². The average molecular weight is 424 g/mol. The Bertz CT molecular complexity index is 1090. The van der Waals surface area contributed by atoms with Gasteiger partial charge in [0.2, 0.25) is 6.79 Å². The Morgan fingerprint density at radius 1 is 0.452 bits per heavy atom. The van der Waals surface area contributed by atoms with Gasteiger partial charge in [-0.15, -0.1) is 0 Å². The first-order valence-corrected chi connectivity index (χ1v) is 9.36. The van der Waals surface area contributed by atoms with Crippen LogP contribution in [0.3, 0.4) is 0 Å². The lowest BCUT2D eigenvalue weighted by molar-refractivity contribution is 0.111. The molecule has 0 fully saturated rings. The van der Waals surface area contributed by atoms with Gasteiger partial charge < -0.3 is 9.47 Å². The highest BCUT2D eigenvalue weighted by Crippen LogP contribution is 2.28. The zero-order valence-electron chi connectivity index (χ0n) is 16.1. The minimum absolute atomic E-state index is 0.0609. The number of benzene rings is 4. The largest absolute Gasteiger partial charge is 0.454 e. The number of hydrogen-bond acceptors (Lipinski definition) is 2. The van der Waals surface area contributed by atoms with Crippen LogP contribution in [0.4, 0.5) is 17.6 Å². The smallest absolute Gasteiger partial charge is 0.231 e. The van der Waals surface area contributed by atoms with Crippen molar-refractivity contribution in [2.45, 2.75) is 0 Å². The maximum atomic E-state index is 14.3. The van der Waals surface area contributed by atoms with Crippen molar-refractivity contribution in [3.63, 3.8) is 0 Å². The van der Waals surface area contributed by atoms with E-state index in [-0.39, 0.29) is 23.1 Å². The fourth-order valence-electron chi connectivity index (χ4n) is 3.04. The molecule has 6 heteroatoms. The van der Waals surface area contributed by atoms with Crippen molar-refractivity contribution in [1.29, 1.82) is 0 Å². The van der Waals surface area contributed by atoms with Crippen LogP contribution in [0.5, 0.6) is 11.5 Å². The van der Waals surface area contributed by atoms with E-state index < -0.39 is 18.4 Å². The topological polar surface area (TPSA) is 18.5 Å². The van der Waals surface area contributed by atoms with Gasteiger partial charge in [-0.1, -0.05) is 36.4 Å². The molecule has 0 spiro atoms. The van der Waals surface area contributed by atoms with Gasteiger partial charge in [0.15, 0.2) is 23.1 Å². The molecule has 0 aliphatic heterocycles. The molecule has 0 saturated carbocycles. The van der Waals surface area contributed by atoms with Crippen LogP contribution in [0.2, 0.25) is 0 Å². The molecule has 0 heterocycles. The molecule has 0 saturated heterocycles. The molecule has 31 heavy (non-hydrogen) atoms. The SMILES string of the molecule is Fc1ccc(-c2ccc(OCOc3ccc(-c4ccc(F)cc4)cc3F)c(F)c2)cc1. The zero-order chi connectivity index (χ0) is 21.8. The molecule has 0 aliphatic rings. The fraction of sp³-hybridized carbons (Fsp3) is 0.0400. The molecule has 0 atom stereocenters. The van der Waals surface area contributed by atoms with Gasteiger partial charge in [0, 0.05) is 0 Å². The third-order valence-electron chi connectivity index (χ3n) is 4.65. The van der Waals surface area contributed by atoms with E-state index in [0.717, 1.165) is 0 Å². The lowest BCUT2D eigenvalue weighted by atomic mass is 10.1. The van der Waals surface area contributed by atoms with Crippen molar-refractivity contribution in [3.8, 4) is 33.8 Å². The summed E-state index contributed by atoms with van der Waals surface area (Å²) in [4.78, 5) is 0. The lowest BCUT2D eigenvalue weighted by Gasteiger charge is -2.12. The average Bonchev–Trinajstić information content (AvgIpc) is 2.77. The predicted molar refractivity (Wildman–Crippen MR) is 110 cm³/mol. The zero-order valence-corrected chi connectivity index (χ0v) is 16.1. The van der Waals surface area contributed by atoms with Crippen LogP contribution in [0, 0.1) is 23.3 Å². The summed E-state index contributed by atoms with van der Waals surface area (Å²) in [5.74, 6) is -2.13. The Kier molecular flexibility index (Phi) is 5.89. The molecule has 4 aromatic rings. The fourth-order valence-corrected chi connectivity index (χ4v) is 3.04. The third-order valence-corrected chi connectivity index (χ3v) is 4.65. The van der Waals surface area contributed by atoms with Gasteiger partial charge >= 0.3 is 0 Å². The first-order valence-electron chi connectivity index (χ1n) is 9.36. The van der Waals surface area contributed by atoms with E-state index in [1.807, 2.05) is 0 Å². The molecule has 4 rings (SSSR count). The van der Waals surface area contributed by atoms with E-state index in [1.54, 1.807) is 36.4 Å². The molecule has 0 amide bonds. The first-order chi connectivity index (χ1) is 15.0. The van der Waals surface area contributed by atoms with Crippen LogP contribution < -0.4 is 9.47 Å². The standard InChI is InChI=1S/C25H16F4O2/c26-20-7-1-16(2-8-20)18-5-11-24(22(28)13-18)30-15-31-25-12-6-19(14-23(25)29)17-3-9-21(27)10-4-17/h1-14H,15H2. The number of rotatable bonds is 6. The van der Waals surface area contributed by atoms with E-state index in [2.05, 4.69) is 0 Å². The molecule has 0 unspecified atom stereocenters. The molecule has 0 aromatic heterocycles. The van der Waals surface area contributed by atoms with E-state index in [1.165, 1.54) is 48.5 Å². The molecular weight excluding hydrogens is 408 g/mol. The summed E-state index contributed by atoms with van der Waals surface area (Å²) < 4.78 is 65.3. The highest BCUT2D eigenvalue weighted by molar-refractivity contribution is 5.65. The van der Waals surface area contributed by atoms with Gasteiger partial charge in [0.25, 0.3) is 0 Å². The van der Waals surface area contributed by atoms with Crippen LogP contribution >= 0.6 is 0 Å². The second kappa shape index (κ2) is 8.92. The summed E-state index contributed by atoms with van der Waals surface area (Å²) >= 11 is 0. The van der Waals surface area contributed by atoms with E-state index >= 15 is 0 Å². The molecule has 0 radical (unpaired) electrons. The maximum Gasteiger partial charge on any atom is 0.231 e. The van der Waals surface area contributed by atoms with E-state index in [4.69, 9.17) is 9.47 Å². The molecule has 0 N–H and O–H groups in total. The Labute approximate surface area is 176 Å². The predicted octanol–water partition coefficient (Wildman–Crippen LogP) is 6.99. The van der Waals surface area contributed by atoms with Crippen molar-refractivity contribution in [2.75, 3.05) is 6.79 Å². The second-order valence-corrected chi connectivity index (χ2v) is 6.71. The first kappa shape index (κ1) is 20.5. The second-order valence-electron chi connectivity index (χ2n) is 6.71. The Morgan fingerprint density at radius 2 is 0.806 bits per heavy atom. The van der Waals surface area contributed by atoms with Crippen LogP contribution in [0.25, 0.3) is 22.3 Å². The molecule has 2 nitrogen and oxygen atoms in total. The number of ether oxygens (including phenoxy) is 2. The molecule has 156 valence electrons. The van der Waals surface area contributed by atoms with Crippen LogP contribution in [-0.2, 0) is 0 Å². The van der Waals surface area contributed by atoms with Gasteiger partial charge in [-0.2, -0.15) is 0 Å². The Balaban J connectivity index is 1.40. The summed E-state index contributed by atoms with van der Waals surface area (Å²) in [5, 5.41) is 0. The van der Waals surface area contributed by atoms with Crippen LogP contribution in [0.1, 0.15) is 0 Å². The summed E-state index contributed by atoms with van der Waals surface area (Å²) in [6.07, 6.45) is 0. The van der Waals surface area contributed by atoms with Gasteiger partial charge in [-0.05, 0) is 70.8 Å². The highest BCUT2D eigenvalue weighted by Gasteiger charge is 2.10. The van der Waals surface area contributed by atoms with Gasteiger partial charge in [0.1, 0.15) is 11.6 Å². The van der Waals surface area contributed by atoms with Crippen molar-refractivity contribution in [1.82, 2.24) is 0 Å².